The second-order valence-electron chi connectivity index (χ2n) is 8.45. The van der Waals surface area contributed by atoms with E-state index in [4.69, 9.17) is 20.9 Å². The fraction of sp³-hybridized carbons (Fsp3) is 0.333. The van der Waals surface area contributed by atoms with E-state index in [1.54, 1.807) is 48.5 Å². The zero-order valence-corrected chi connectivity index (χ0v) is 18.9. The summed E-state index contributed by atoms with van der Waals surface area (Å²) in [5.41, 5.74) is 14.9. The van der Waals surface area contributed by atoms with Gasteiger partial charge in [0.25, 0.3) is 0 Å². The highest BCUT2D eigenvalue weighted by atomic mass is 16.5. The molecule has 6 heteroatoms. The Bertz CT molecular complexity index is 969. The van der Waals surface area contributed by atoms with E-state index in [-0.39, 0.29) is 18.7 Å². The fourth-order valence-electron chi connectivity index (χ4n) is 4.04. The van der Waals surface area contributed by atoms with Crippen LogP contribution in [-0.4, -0.2) is 24.6 Å². The van der Waals surface area contributed by atoms with Crippen LogP contribution < -0.4 is 11.5 Å². The van der Waals surface area contributed by atoms with Crippen molar-refractivity contribution in [3.05, 3.63) is 77.9 Å². The van der Waals surface area contributed by atoms with Crippen molar-refractivity contribution in [2.45, 2.75) is 44.6 Å². The van der Waals surface area contributed by atoms with Crippen LogP contribution in [0.2, 0.25) is 0 Å². The summed E-state index contributed by atoms with van der Waals surface area (Å²) in [7, 11) is 0. The van der Waals surface area contributed by atoms with Crippen LogP contribution in [0.25, 0.3) is 6.08 Å². The predicted octanol–water partition coefficient (Wildman–Crippen LogP) is 4.94. The molecule has 0 bridgehead atoms. The normalized spacial score (nSPS) is 18.1. The molecule has 1 aliphatic carbocycles. The molecule has 0 aromatic heterocycles. The second-order valence-corrected chi connectivity index (χ2v) is 8.45. The third-order valence-electron chi connectivity index (χ3n) is 5.80. The molecule has 0 unspecified atom stereocenters. The predicted molar refractivity (Wildman–Crippen MR) is 131 cm³/mol. The maximum absolute atomic E-state index is 12.4. The molecule has 0 radical (unpaired) electrons. The van der Waals surface area contributed by atoms with Gasteiger partial charge in [-0.15, -0.1) is 6.58 Å². The number of nitrogen functional groups attached to an aromatic ring is 2. The van der Waals surface area contributed by atoms with Gasteiger partial charge in [-0.05, 0) is 85.6 Å². The van der Waals surface area contributed by atoms with Crippen LogP contribution in [0, 0.1) is 5.92 Å². The van der Waals surface area contributed by atoms with Gasteiger partial charge in [0.05, 0.1) is 12.2 Å². The average Bonchev–Trinajstić information content (AvgIpc) is 2.79. The molecule has 0 aliphatic heterocycles. The Kier molecular flexibility index (Phi) is 8.70. The van der Waals surface area contributed by atoms with E-state index in [1.807, 2.05) is 6.08 Å². The maximum atomic E-state index is 12.4. The van der Waals surface area contributed by atoms with Crippen molar-refractivity contribution in [3.8, 4) is 0 Å². The number of anilines is 2. The number of ether oxygens (including phenoxy) is 2. The third-order valence-corrected chi connectivity index (χ3v) is 5.80. The highest BCUT2D eigenvalue weighted by molar-refractivity contribution is 5.90. The maximum Gasteiger partial charge on any atom is 0.338 e. The lowest BCUT2D eigenvalue weighted by Gasteiger charge is -2.27. The van der Waals surface area contributed by atoms with Crippen LogP contribution in [0.3, 0.4) is 0 Å². The first-order valence-electron chi connectivity index (χ1n) is 11.3. The molecule has 2 aromatic carbocycles. The molecule has 1 saturated carbocycles. The van der Waals surface area contributed by atoms with Gasteiger partial charge < -0.3 is 20.9 Å². The van der Waals surface area contributed by atoms with Gasteiger partial charge in [-0.3, -0.25) is 0 Å². The Morgan fingerprint density at radius 1 is 1.00 bits per heavy atom. The zero-order valence-electron chi connectivity index (χ0n) is 18.9. The number of carbonyl (C=O) groups is 2. The number of hydrogen-bond donors (Lipinski definition) is 2. The summed E-state index contributed by atoms with van der Waals surface area (Å²) in [5, 5.41) is 0. The Hall–Kier alpha value is -3.54. The SMILES string of the molecule is C=CCC1CCC(OC(=O)c2ccc(C=CC(=O)OCCc3cc(N)cc(N)c3)cc2)CC1. The van der Waals surface area contributed by atoms with E-state index in [9.17, 15) is 9.59 Å². The van der Waals surface area contributed by atoms with Crippen molar-refractivity contribution >= 4 is 29.4 Å². The van der Waals surface area contributed by atoms with E-state index in [1.165, 1.54) is 6.08 Å². The number of benzene rings is 2. The summed E-state index contributed by atoms with van der Waals surface area (Å²) in [5.74, 6) is -0.0899. The van der Waals surface area contributed by atoms with Gasteiger partial charge in [-0.25, -0.2) is 9.59 Å². The van der Waals surface area contributed by atoms with Crippen molar-refractivity contribution in [1.29, 1.82) is 0 Å². The van der Waals surface area contributed by atoms with Crippen molar-refractivity contribution in [2.75, 3.05) is 18.1 Å². The first-order chi connectivity index (χ1) is 15.9. The third kappa shape index (κ3) is 7.83. The monoisotopic (exact) mass is 448 g/mol. The van der Waals surface area contributed by atoms with Crippen LogP contribution in [0.4, 0.5) is 11.4 Å². The molecule has 4 N–H and O–H groups in total. The van der Waals surface area contributed by atoms with Crippen molar-refractivity contribution in [2.24, 2.45) is 5.92 Å². The van der Waals surface area contributed by atoms with E-state index >= 15 is 0 Å². The van der Waals surface area contributed by atoms with Crippen LogP contribution in [0.5, 0.6) is 0 Å². The van der Waals surface area contributed by atoms with E-state index in [0.29, 0.717) is 29.3 Å². The minimum Gasteiger partial charge on any atom is -0.462 e. The van der Waals surface area contributed by atoms with Crippen molar-refractivity contribution in [3.63, 3.8) is 0 Å². The summed E-state index contributed by atoms with van der Waals surface area (Å²) in [4.78, 5) is 24.4. The Morgan fingerprint density at radius 2 is 1.67 bits per heavy atom. The summed E-state index contributed by atoms with van der Waals surface area (Å²) in [6.07, 6.45) is 10.5. The highest BCUT2D eigenvalue weighted by Crippen LogP contribution is 2.29. The molecule has 1 fully saturated rings. The van der Waals surface area contributed by atoms with Crippen LogP contribution in [-0.2, 0) is 20.7 Å². The molecule has 1 aliphatic rings. The standard InChI is InChI=1S/C27H32N2O4/c1-2-3-19-6-11-25(12-7-19)33-27(31)22-9-4-20(5-10-22)8-13-26(30)32-15-14-21-16-23(28)18-24(29)17-21/h2,4-5,8-10,13,16-19,25H,1,3,6-7,11-12,14-15,28-29H2. The van der Waals surface area contributed by atoms with Crippen LogP contribution >= 0.6 is 0 Å². The lowest BCUT2D eigenvalue weighted by atomic mass is 9.85. The minimum absolute atomic E-state index is 0.0170. The smallest absolute Gasteiger partial charge is 0.338 e. The molecule has 174 valence electrons. The minimum atomic E-state index is -0.442. The lowest BCUT2D eigenvalue weighted by molar-refractivity contribution is -0.137. The van der Waals surface area contributed by atoms with E-state index < -0.39 is 5.97 Å². The topological polar surface area (TPSA) is 105 Å². The summed E-state index contributed by atoms with van der Waals surface area (Å²) < 4.78 is 10.9. The van der Waals surface area contributed by atoms with Crippen LogP contribution in [0.1, 0.15) is 53.6 Å². The highest BCUT2D eigenvalue weighted by Gasteiger charge is 2.23. The molecule has 2 aromatic rings. The first-order valence-corrected chi connectivity index (χ1v) is 11.3. The number of carbonyl (C=O) groups excluding carboxylic acids is 2. The quantitative estimate of drug-likeness (QED) is 0.244. The molecular weight excluding hydrogens is 416 g/mol. The molecular formula is C27H32N2O4. The van der Waals surface area contributed by atoms with Crippen molar-refractivity contribution < 1.29 is 19.1 Å². The Morgan fingerprint density at radius 3 is 2.30 bits per heavy atom. The molecule has 0 spiro atoms. The molecule has 3 rings (SSSR count). The Labute approximate surface area is 195 Å². The van der Waals surface area contributed by atoms with Crippen LogP contribution in [0.15, 0.2) is 61.2 Å². The second kappa shape index (κ2) is 11.9. The van der Waals surface area contributed by atoms with Gasteiger partial charge in [-0.2, -0.15) is 0 Å². The van der Waals surface area contributed by atoms with Gasteiger partial charge >= 0.3 is 11.9 Å². The van der Waals surface area contributed by atoms with E-state index in [0.717, 1.165) is 43.2 Å². The number of esters is 2. The molecule has 33 heavy (non-hydrogen) atoms. The number of allylic oxidation sites excluding steroid dienone is 1. The van der Waals surface area contributed by atoms with Gasteiger partial charge in [-0.1, -0.05) is 18.2 Å². The Balaban J connectivity index is 1.42. The van der Waals surface area contributed by atoms with Gasteiger partial charge in [0.15, 0.2) is 0 Å². The molecule has 6 nitrogen and oxygen atoms in total. The van der Waals surface area contributed by atoms with Gasteiger partial charge in [0, 0.05) is 23.9 Å². The first kappa shape index (κ1) is 24.1. The number of nitrogens with two attached hydrogens (primary N) is 2. The molecule has 0 saturated heterocycles. The molecule has 0 amide bonds. The summed E-state index contributed by atoms with van der Waals surface area (Å²) in [6.45, 7) is 4.03. The van der Waals surface area contributed by atoms with Gasteiger partial charge in [0.2, 0.25) is 0 Å². The molecule has 0 atom stereocenters. The fourth-order valence-corrected chi connectivity index (χ4v) is 4.04. The lowest BCUT2D eigenvalue weighted by Crippen LogP contribution is -2.24. The summed E-state index contributed by atoms with van der Waals surface area (Å²) in [6, 6.07) is 12.3. The summed E-state index contributed by atoms with van der Waals surface area (Å²) >= 11 is 0. The van der Waals surface area contributed by atoms with Gasteiger partial charge in [0.1, 0.15) is 6.10 Å². The average molecular weight is 449 g/mol. The zero-order chi connectivity index (χ0) is 23.6. The number of rotatable bonds is 9. The number of hydrogen-bond acceptors (Lipinski definition) is 6. The largest absolute Gasteiger partial charge is 0.462 e. The molecule has 0 heterocycles. The van der Waals surface area contributed by atoms with E-state index in [2.05, 4.69) is 6.58 Å². The van der Waals surface area contributed by atoms with Crippen molar-refractivity contribution in [1.82, 2.24) is 0 Å².